The summed E-state index contributed by atoms with van der Waals surface area (Å²) in [5, 5.41) is 9.70. The normalized spacial score (nSPS) is 10.6. The number of nitrogens with one attached hydrogen (secondary N) is 1. The first-order valence-electron chi connectivity index (χ1n) is 4.50. The smallest absolute Gasteiger partial charge is 0.114 e. The van der Waals surface area contributed by atoms with E-state index in [2.05, 4.69) is 21.0 Å². The second kappa shape index (κ2) is 2.79. The molecule has 2 aromatic heterocycles. The summed E-state index contributed by atoms with van der Waals surface area (Å²) in [5.41, 5.74) is 3.20. The first kappa shape index (κ1) is 7.94. The third-order valence-electron chi connectivity index (χ3n) is 2.37. The molecule has 0 fully saturated rings. The first-order valence-corrected chi connectivity index (χ1v) is 4.50. The Morgan fingerprint density at radius 2 is 2.13 bits per heavy atom. The van der Waals surface area contributed by atoms with Crippen molar-refractivity contribution in [2.75, 3.05) is 0 Å². The van der Waals surface area contributed by atoms with Crippen LogP contribution in [0.15, 0.2) is 30.7 Å². The van der Waals surface area contributed by atoms with Gasteiger partial charge in [-0.2, -0.15) is 5.26 Å². The third kappa shape index (κ3) is 1.07. The predicted molar refractivity (Wildman–Crippen MR) is 56.1 cm³/mol. The van der Waals surface area contributed by atoms with Crippen molar-refractivity contribution in [2.45, 2.75) is 0 Å². The lowest BCUT2D eigenvalue weighted by molar-refractivity contribution is 1.34. The number of pyridine rings is 1. The van der Waals surface area contributed by atoms with Crippen LogP contribution >= 0.6 is 0 Å². The Morgan fingerprint density at radius 3 is 3.00 bits per heavy atom. The van der Waals surface area contributed by atoms with E-state index < -0.39 is 0 Å². The molecular formula is C11H6N4. The van der Waals surface area contributed by atoms with Crippen LogP contribution in [0.4, 0.5) is 0 Å². The van der Waals surface area contributed by atoms with Gasteiger partial charge >= 0.3 is 0 Å². The topological polar surface area (TPSA) is 65.4 Å². The lowest BCUT2D eigenvalue weighted by Crippen LogP contribution is -1.83. The Labute approximate surface area is 85.2 Å². The highest BCUT2D eigenvalue weighted by atomic mass is 14.9. The number of H-pyrrole nitrogens is 1. The lowest BCUT2D eigenvalue weighted by Gasteiger charge is -1.97. The van der Waals surface area contributed by atoms with Crippen LogP contribution in [0, 0.1) is 11.3 Å². The molecule has 0 atom stereocenters. The first-order chi connectivity index (χ1) is 7.38. The molecule has 4 nitrogen and oxygen atoms in total. The summed E-state index contributed by atoms with van der Waals surface area (Å²) in [6, 6.07) is 7.76. The molecule has 0 spiro atoms. The number of nitrogens with zero attached hydrogens (tertiary/aromatic N) is 3. The maximum absolute atomic E-state index is 8.76. The fourth-order valence-corrected chi connectivity index (χ4v) is 1.66. The van der Waals surface area contributed by atoms with Gasteiger partial charge in [0, 0.05) is 11.6 Å². The Bertz CT molecular complexity index is 690. The average molecular weight is 194 g/mol. The maximum atomic E-state index is 8.76. The highest BCUT2D eigenvalue weighted by Gasteiger charge is 2.04. The number of aromatic nitrogens is 3. The molecule has 0 aliphatic heterocycles. The van der Waals surface area contributed by atoms with Crippen LogP contribution in [0.3, 0.4) is 0 Å². The average Bonchev–Trinajstić information content (AvgIpc) is 2.76. The largest absolute Gasteiger partial charge is 0.345 e. The van der Waals surface area contributed by atoms with Gasteiger partial charge in [0.25, 0.3) is 0 Å². The van der Waals surface area contributed by atoms with Gasteiger partial charge in [-0.05, 0) is 12.1 Å². The predicted octanol–water partition coefficient (Wildman–Crippen LogP) is 1.98. The lowest BCUT2D eigenvalue weighted by atomic mass is 10.1. The highest BCUT2D eigenvalue weighted by molar-refractivity contribution is 6.01. The molecule has 0 amide bonds. The molecule has 3 aromatic rings. The molecule has 0 bridgehead atoms. The number of aromatic amines is 1. The van der Waals surface area contributed by atoms with Crippen LogP contribution in [0.1, 0.15) is 5.56 Å². The zero-order valence-electron chi connectivity index (χ0n) is 7.73. The summed E-state index contributed by atoms with van der Waals surface area (Å²) in [5.74, 6) is 0. The van der Waals surface area contributed by atoms with E-state index in [-0.39, 0.29) is 0 Å². The number of rotatable bonds is 0. The number of imidazole rings is 1. The van der Waals surface area contributed by atoms with Crippen LogP contribution in [0.25, 0.3) is 21.9 Å². The van der Waals surface area contributed by atoms with Gasteiger partial charge in [0.2, 0.25) is 0 Å². The van der Waals surface area contributed by atoms with Crippen molar-refractivity contribution in [3.63, 3.8) is 0 Å². The van der Waals surface area contributed by atoms with Crippen molar-refractivity contribution in [2.24, 2.45) is 0 Å². The van der Waals surface area contributed by atoms with Crippen LogP contribution in [-0.2, 0) is 0 Å². The Balaban J connectivity index is 2.50. The summed E-state index contributed by atoms with van der Waals surface area (Å²) in [6.07, 6.45) is 3.21. The monoisotopic (exact) mass is 194 g/mol. The van der Waals surface area contributed by atoms with E-state index in [0.29, 0.717) is 5.56 Å². The fourth-order valence-electron chi connectivity index (χ4n) is 1.66. The van der Waals surface area contributed by atoms with Crippen molar-refractivity contribution in [3.8, 4) is 6.07 Å². The van der Waals surface area contributed by atoms with Gasteiger partial charge in [-0.3, -0.25) is 4.98 Å². The Morgan fingerprint density at radius 1 is 1.20 bits per heavy atom. The molecule has 4 heteroatoms. The van der Waals surface area contributed by atoms with E-state index in [1.54, 1.807) is 12.5 Å². The van der Waals surface area contributed by atoms with Gasteiger partial charge in [-0.15, -0.1) is 0 Å². The van der Waals surface area contributed by atoms with Crippen LogP contribution in [0.2, 0.25) is 0 Å². The van der Waals surface area contributed by atoms with E-state index in [1.807, 2.05) is 18.2 Å². The quantitative estimate of drug-likeness (QED) is 0.595. The number of nitriles is 1. The molecule has 1 N–H and O–H groups in total. The van der Waals surface area contributed by atoms with Gasteiger partial charge < -0.3 is 4.98 Å². The van der Waals surface area contributed by atoms with E-state index >= 15 is 0 Å². The van der Waals surface area contributed by atoms with Crippen LogP contribution < -0.4 is 0 Å². The minimum atomic E-state index is 0.567. The van der Waals surface area contributed by atoms with Crippen molar-refractivity contribution in [1.29, 1.82) is 5.26 Å². The summed E-state index contributed by atoms with van der Waals surface area (Å²) in [7, 11) is 0. The van der Waals surface area contributed by atoms with Gasteiger partial charge in [-0.25, -0.2) is 4.98 Å². The fraction of sp³-hybridized carbons (Fsp3) is 0. The van der Waals surface area contributed by atoms with Crippen LogP contribution in [0.5, 0.6) is 0 Å². The zero-order valence-corrected chi connectivity index (χ0v) is 7.73. The molecule has 3 rings (SSSR count). The highest BCUT2D eigenvalue weighted by Crippen LogP contribution is 2.20. The molecule has 1 aromatic carbocycles. The minimum absolute atomic E-state index is 0.567. The Kier molecular flexibility index (Phi) is 1.48. The van der Waals surface area contributed by atoms with Gasteiger partial charge in [0.1, 0.15) is 11.6 Å². The Hall–Kier alpha value is -2.41. The number of hydrogen-bond acceptors (Lipinski definition) is 3. The SMILES string of the molecule is N#Cc1cnc2c(ccc3[nH]cnc32)c1. The second-order valence-electron chi connectivity index (χ2n) is 3.27. The summed E-state index contributed by atoms with van der Waals surface area (Å²) in [4.78, 5) is 11.5. The molecule has 0 radical (unpaired) electrons. The van der Waals surface area contributed by atoms with Crippen molar-refractivity contribution in [3.05, 3.63) is 36.3 Å². The molecule has 0 aliphatic carbocycles. The third-order valence-corrected chi connectivity index (χ3v) is 2.37. The minimum Gasteiger partial charge on any atom is -0.345 e. The van der Waals surface area contributed by atoms with Gasteiger partial charge in [-0.1, -0.05) is 6.07 Å². The molecule has 70 valence electrons. The molecule has 0 unspecified atom stereocenters. The summed E-state index contributed by atoms with van der Waals surface area (Å²) >= 11 is 0. The zero-order chi connectivity index (χ0) is 10.3. The second-order valence-corrected chi connectivity index (χ2v) is 3.27. The van der Waals surface area contributed by atoms with Crippen molar-refractivity contribution in [1.82, 2.24) is 15.0 Å². The van der Waals surface area contributed by atoms with Crippen molar-refractivity contribution >= 4 is 21.9 Å². The standard InChI is InChI=1S/C11H6N4/c12-4-7-3-8-1-2-9-11(15-6-14-9)10(8)13-5-7/h1-3,5-6H,(H,14,15). The van der Waals surface area contributed by atoms with E-state index in [1.165, 1.54) is 0 Å². The molecule has 0 saturated heterocycles. The molecule has 15 heavy (non-hydrogen) atoms. The van der Waals surface area contributed by atoms with Crippen LogP contribution in [-0.4, -0.2) is 15.0 Å². The maximum Gasteiger partial charge on any atom is 0.114 e. The number of fused-ring (bicyclic) bond motifs is 3. The molecule has 0 saturated carbocycles. The van der Waals surface area contributed by atoms with E-state index in [9.17, 15) is 0 Å². The van der Waals surface area contributed by atoms with E-state index in [4.69, 9.17) is 5.26 Å². The summed E-state index contributed by atoms with van der Waals surface area (Å²) < 4.78 is 0. The number of hydrogen-bond donors (Lipinski definition) is 1. The summed E-state index contributed by atoms with van der Waals surface area (Å²) in [6.45, 7) is 0. The van der Waals surface area contributed by atoms with Crippen molar-refractivity contribution < 1.29 is 0 Å². The molecule has 2 heterocycles. The van der Waals surface area contributed by atoms with E-state index in [0.717, 1.165) is 21.9 Å². The molecule has 0 aliphatic rings. The van der Waals surface area contributed by atoms with Gasteiger partial charge in [0.05, 0.1) is 22.9 Å². The van der Waals surface area contributed by atoms with Gasteiger partial charge in [0.15, 0.2) is 0 Å². The molecular weight excluding hydrogens is 188 g/mol. The number of benzene rings is 1.